The minimum absolute atomic E-state index is 0.0654. The smallest absolute Gasteiger partial charge is 0.159 e. The van der Waals surface area contributed by atoms with Crippen molar-refractivity contribution in [3.8, 4) is 0 Å². The minimum atomic E-state index is -1.09. The second-order valence-corrected chi connectivity index (χ2v) is 4.62. The Labute approximate surface area is 78.3 Å². The van der Waals surface area contributed by atoms with Crippen LogP contribution in [0.25, 0.3) is 0 Å². The molecule has 4 heteroatoms. The number of alkyl halides is 1. The second kappa shape index (κ2) is 3.35. The highest BCUT2D eigenvalue weighted by molar-refractivity contribution is 5.89. The van der Waals surface area contributed by atoms with Crippen LogP contribution in [0.3, 0.4) is 0 Å². The van der Waals surface area contributed by atoms with Crippen molar-refractivity contribution in [1.29, 1.82) is 0 Å². The standard InChI is InChI=1S/C9H17FN2O/c1-9(2,3)8(13)7-6(10)5-12(4)11-7/h6-7,11H,5H2,1-4H3. The zero-order valence-corrected chi connectivity index (χ0v) is 8.60. The van der Waals surface area contributed by atoms with Gasteiger partial charge in [0.1, 0.15) is 12.2 Å². The molecule has 0 radical (unpaired) electrons. The van der Waals surface area contributed by atoms with Gasteiger partial charge in [-0.2, -0.15) is 0 Å². The Bertz CT molecular complexity index is 212. The summed E-state index contributed by atoms with van der Waals surface area (Å²) in [6.45, 7) is 5.71. The molecule has 0 aromatic rings. The first-order valence-electron chi connectivity index (χ1n) is 4.48. The molecule has 1 heterocycles. The normalized spacial score (nSPS) is 30.8. The fraction of sp³-hybridized carbons (Fsp3) is 0.889. The minimum Gasteiger partial charge on any atom is -0.297 e. The molecule has 1 rings (SSSR count). The van der Waals surface area contributed by atoms with Gasteiger partial charge < -0.3 is 0 Å². The van der Waals surface area contributed by atoms with Crippen LogP contribution < -0.4 is 5.43 Å². The third-order valence-electron chi connectivity index (χ3n) is 2.19. The van der Waals surface area contributed by atoms with E-state index in [-0.39, 0.29) is 12.3 Å². The lowest BCUT2D eigenvalue weighted by molar-refractivity contribution is -0.129. The molecule has 0 aromatic carbocycles. The van der Waals surface area contributed by atoms with E-state index < -0.39 is 17.6 Å². The van der Waals surface area contributed by atoms with E-state index in [1.54, 1.807) is 12.1 Å². The quantitative estimate of drug-likeness (QED) is 0.659. The number of carbonyl (C=O) groups is 1. The van der Waals surface area contributed by atoms with Crippen molar-refractivity contribution in [1.82, 2.24) is 10.4 Å². The molecule has 2 atom stereocenters. The van der Waals surface area contributed by atoms with E-state index in [9.17, 15) is 9.18 Å². The van der Waals surface area contributed by atoms with Gasteiger partial charge in [-0.05, 0) is 0 Å². The first kappa shape index (κ1) is 10.6. The maximum absolute atomic E-state index is 13.3. The van der Waals surface area contributed by atoms with Crippen molar-refractivity contribution in [3.63, 3.8) is 0 Å². The Balaban J connectivity index is 2.68. The predicted molar refractivity (Wildman–Crippen MR) is 48.9 cm³/mol. The monoisotopic (exact) mass is 188 g/mol. The number of hydrazine groups is 1. The number of rotatable bonds is 1. The summed E-state index contributed by atoms with van der Waals surface area (Å²) in [6, 6.07) is -0.662. The Morgan fingerprint density at radius 3 is 2.38 bits per heavy atom. The topological polar surface area (TPSA) is 32.3 Å². The molecule has 1 saturated heterocycles. The van der Waals surface area contributed by atoms with Crippen molar-refractivity contribution >= 4 is 5.78 Å². The zero-order valence-electron chi connectivity index (χ0n) is 8.60. The van der Waals surface area contributed by atoms with E-state index in [1.807, 2.05) is 20.8 Å². The number of hydrogen-bond donors (Lipinski definition) is 1. The van der Waals surface area contributed by atoms with Gasteiger partial charge in [-0.3, -0.25) is 4.79 Å². The van der Waals surface area contributed by atoms with Crippen LogP contribution >= 0.6 is 0 Å². The molecule has 1 aliphatic rings. The second-order valence-electron chi connectivity index (χ2n) is 4.62. The van der Waals surface area contributed by atoms with Gasteiger partial charge in [-0.15, -0.1) is 0 Å². The van der Waals surface area contributed by atoms with Crippen LogP contribution in [0.15, 0.2) is 0 Å². The van der Waals surface area contributed by atoms with Crippen molar-refractivity contribution < 1.29 is 9.18 Å². The SMILES string of the molecule is CN1CC(F)C(C(=O)C(C)(C)C)N1. The van der Waals surface area contributed by atoms with Crippen LogP contribution in [0.4, 0.5) is 4.39 Å². The molecule has 1 aliphatic heterocycles. The van der Waals surface area contributed by atoms with Crippen LogP contribution in [0.2, 0.25) is 0 Å². The van der Waals surface area contributed by atoms with Gasteiger partial charge >= 0.3 is 0 Å². The van der Waals surface area contributed by atoms with Gasteiger partial charge in [0.2, 0.25) is 0 Å². The molecule has 0 spiro atoms. The molecular formula is C9H17FN2O. The van der Waals surface area contributed by atoms with Crippen LogP contribution in [-0.4, -0.2) is 36.6 Å². The first-order chi connectivity index (χ1) is 5.82. The number of halogens is 1. The first-order valence-corrected chi connectivity index (χ1v) is 4.48. The summed E-state index contributed by atoms with van der Waals surface area (Å²) in [7, 11) is 1.74. The molecule has 1 N–H and O–H groups in total. The Morgan fingerprint density at radius 1 is 1.54 bits per heavy atom. The fourth-order valence-electron chi connectivity index (χ4n) is 1.43. The van der Waals surface area contributed by atoms with Gasteiger partial charge in [0, 0.05) is 19.0 Å². The average molecular weight is 188 g/mol. The lowest BCUT2D eigenvalue weighted by atomic mass is 9.85. The van der Waals surface area contributed by atoms with Crippen LogP contribution in [0.5, 0.6) is 0 Å². The number of carbonyl (C=O) groups excluding carboxylic acids is 1. The summed E-state index contributed by atoms with van der Waals surface area (Å²) in [5, 5.41) is 1.62. The molecule has 0 saturated carbocycles. The Kier molecular flexibility index (Phi) is 2.73. The van der Waals surface area contributed by atoms with Crippen molar-refractivity contribution in [2.75, 3.05) is 13.6 Å². The molecule has 0 bridgehead atoms. The van der Waals surface area contributed by atoms with Crippen molar-refractivity contribution in [3.05, 3.63) is 0 Å². The molecule has 3 nitrogen and oxygen atoms in total. The van der Waals surface area contributed by atoms with Gasteiger partial charge in [-0.1, -0.05) is 20.8 Å². The molecular weight excluding hydrogens is 171 g/mol. The number of ketones is 1. The number of nitrogens with zero attached hydrogens (tertiary/aromatic N) is 1. The van der Waals surface area contributed by atoms with Crippen LogP contribution in [0, 0.1) is 5.41 Å². The van der Waals surface area contributed by atoms with E-state index in [4.69, 9.17) is 0 Å². The average Bonchev–Trinajstić information content (AvgIpc) is 2.26. The van der Waals surface area contributed by atoms with E-state index in [2.05, 4.69) is 5.43 Å². The molecule has 1 fully saturated rings. The van der Waals surface area contributed by atoms with Gasteiger partial charge in [0.25, 0.3) is 0 Å². The van der Waals surface area contributed by atoms with E-state index in [1.165, 1.54) is 0 Å². The van der Waals surface area contributed by atoms with E-state index >= 15 is 0 Å². The van der Waals surface area contributed by atoms with Gasteiger partial charge in [0.05, 0.1) is 0 Å². The number of nitrogens with one attached hydrogen (secondary N) is 1. The maximum atomic E-state index is 13.3. The lowest BCUT2D eigenvalue weighted by Gasteiger charge is -2.22. The van der Waals surface area contributed by atoms with Gasteiger partial charge in [-0.25, -0.2) is 14.8 Å². The molecule has 0 amide bonds. The molecule has 0 aromatic heterocycles. The van der Waals surface area contributed by atoms with E-state index in [0.717, 1.165) is 0 Å². The highest BCUT2D eigenvalue weighted by Gasteiger charge is 2.40. The Morgan fingerprint density at radius 2 is 2.08 bits per heavy atom. The highest BCUT2D eigenvalue weighted by atomic mass is 19.1. The Hall–Kier alpha value is -0.480. The lowest BCUT2D eigenvalue weighted by Crippen LogP contribution is -2.45. The van der Waals surface area contributed by atoms with Gasteiger partial charge in [0.15, 0.2) is 5.78 Å². The van der Waals surface area contributed by atoms with Crippen LogP contribution in [-0.2, 0) is 4.79 Å². The summed E-state index contributed by atoms with van der Waals surface area (Å²) in [6.07, 6.45) is -1.09. The summed E-state index contributed by atoms with van der Waals surface area (Å²) < 4.78 is 13.3. The highest BCUT2D eigenvalue weighted by Crippen LogP contribution is 2.22. The van der Waals surface area contributed by atoms with Crippen molar-refractivity contribution in [2.45, 2.75) is 33.0 Å². The van der Waals surface area contributed by atoms with Crippen LogP contribution in [0.1, 0.15) is 20.8 Å². The number of Topliss-reactive ketones (excluding diaryl/α,β-unsaturated/α-hetero) is 1. The predicted octanol–water partition coefficient (Wildman–Crippen LogP) is 0.758. The number of hydrogen-bond acceptors (Lipinski definition) is 3. The molecule has 2 unspecified atom stereocenters. The third kappa shape index (κ3) is 2.25. The summed E-state index contributed by atoms with van der Waals surface area (Å²) in [5.74, 6) is -0.0654. The fourth-order valence-corrected chi connectivity index (χ4v) is 1.43. The largest absolute Gasteiger partial charge is 0.297 e. The summed E-state index contributed by atoms with van der Waals surface area (Å²) in [4.78, 5) is 11.7. The van der Waals surface area contributed by atoms with E-state index in [0.29, 0.717) is 0 Å². The third-order valence-corrected chi connectivity index (χ3v) is 2.19. The van der Waals surface area contributed by atoms with Crippen molar-refractivity contribution in [2.24, 2.45) is 5.41 Å². The maximum Gasteiger partial charge on any atom is 0.159 e. The summed E-state index contributed by atoms with van der Waals surface area (Å²) in [5.41, 5.74) is 2.34. The molecule has 13 heavy (non-hydrogen) atoms. The summed E-state index contributed by atoms with van der Waals surface area (Å²) >= 11 is 0. The zero-order chi connectivity index (χ0) is 10.2. The molecule has 0 aliphatic carbocycles. The molecule has 76 valence electrons.